The molecular formula is C19H20ClNO2. The molecule has 0 aromatic heterocycles. The van der Waals surface area contributed by atoms with Gasteiger partial charge in [0.15, 0.2) is 0 Å². The third-order valence-electron chi connectivity index (χ3n) is 4.14. The van der Waals surface area contributed by atoms with Crippen LogP contribution in [0.1, 0.15) is 28.8 Å². The Kier molecular flexibility index (Phi) is 4.87. The predicted octanol–water partition coefficient (Wildman–Crippen LogP) is 4.33. The molecule has 0 bridgehead atoms. The molecule has 0 atom stereocenters. The van der Waals surface area contributed by atoms with E-state index in [9.17, 15) is 4.79 Å². The van der Waals surface area contributed by atoms with E-state index in [1.54, 1.807) is 24.3 Å². The van der Waals surface area contributed by atoms with E-state index in [2.05, 4.69) is 19.1 Å². The second-order valence-corrected chi connectivity index (χ2v) is 6.37. The van der Waals surface area contributed by atoms with Crippen LogP contribution in [-0.4, -0.2) is 30.0 Å². The molecule has 0 aliphatic carbocycles. The Morgan fingerprint density at radius 1 is 1.04 bits per heavy atom. The lowest BCUT2D eigenvalue weighted by Gasteiger charge is -2.32. The molecule has 1 aliphatic heterocycles. The molecule has 0 saturated carbocycles. The standard InChI is InChI=1S/C19H20ClNO2/c1-14-2-8-17(9-3-14)23-18-10-12-21(13-11-18)19(22)15-4-6-16(20)7-5-15/h2-9,18H,10-13H2,1H3. The fourth-order valence-corrected chi connectivity index (χ4v) is 2.89. The van der Waals surface area contributed by atoms with Crippen LogP contribution in [0.2, 0.25) is 5.02 Å². The molecule has 0 spiro atoms. The van der Waals surface area contributed by atoms with E-state index < -0.39 is 0 Å². The molecule has 1 amide bonds. The highest BCUT2D eigenvalue weighted by Crippen LogP contribution is 2.21. The van der Waals surface area contributed by atoms with E-state index in [4.69, 9.17) is 16.3 Å². The van der Waals surface area contributed by atoms with Gasteiger partial charge in [0, 0.05) is 36.5 Å². The number of ether oxygens (including phenoxy) is 1. The Morgan fingerprint density at radius 3 is 2.26 bits per heavy atom. The van der Waals surface area contributed by atoms with Crippen LogP contribution < -0.4 is 4.74 Å². The number of benzene rings is 2. The maximum absolute atomic E-state index is 12.5. The topological polar surface area (TPSA) is 29.5 Å². The van der Waals surface area contributed by atoms with Crippen LogP contribution in [0.4, 0.5) is 0 Å². The molecule has 23 heavy (non-hydrogen) atoms. The summed E-state index contributed by atoms with van der Waals surface area (Å²) in [4.78, 5) is 14.3. The van der Waals surface area contributed by atoms with Crippen molar-refractivity contribution in [1.82, 2.24) is 4.90 Å². The summed E-state index contributed by atoms with van der Waals surface area (Å²) in [5.41, 5.74) is 1.91. The number of carbonyl (C=O) groups is 1. The number of rotatable bonds is 3. The van der Waals surface area contributed by atoms with Gasteiger partial charge in [0.25, 0.3) is 5.91 Å². The normalized spacial score (nSPS) is 15.5. The minimum Gasteiger partial charge on any atom is -0.490 e. The average Bonchev–Trinajstić information content (AvgIpc) is 2.58. The molecule has 2 aromatic carbocycles. The summed E-state index contributed by atoms with van der Waals surface area (Å²) in [5, 5.41) is 0.645. The molecule has 0 N–H and O–H groups in total. The van der Waals surface area contributed by atoms with Gasteiger partial charge in [0.1, 0.15) is 11.9 Å². The minimum absolute atomic E-state index is 0.0652. The molecule has 1 fully saturated rings. The first-order valence-corrected chi connectivity index (χ1v) is 8.28. The lowest BCUT2D eigenvalue weighted by Crippen LogP contribution is -2.41. The van der Waals surface area contributed by atoms with Crippen LogP contribution in [-0.2, 0) is 0 Å². The van der Waals surface area contributed by atoms with Crippen molar-refractivity contribution in [1.29, 1.82) is 0 Å². The summed E-state index contributed by atoms with van der Waals surface area (Å²) in [5.74, 6) is 0.966. The van der Waals surface area contributed by atoms with Crippen LogP contribution in [0.5, 0.6) is 5.75 Å². The molecular weight excluding hydrogens is 310 g/mol. The molecule has 1 heterocycles. The van der Waals surface area contributed by atoms with Gasteiger partial charge in [-0.2, -0.15) is 0 Å². The van der Waals surface area contributed by atoms with Crippen molar-refractivity contribution in [2.24, 2.45) is 0 Å². The van der Waals surface area contributed by atoms with Crippen molar-refractivity contribution < 1.29 is 9.53 Å². The van der Waals surface area contributed by atoms with E-state index in [0.717, 1.165) is 31.7 Å². The smallest absolute Gasteiger partial charge is 0.253 e. The summed E-state index contributed by atoms with van der Waals surface area (Å²) < 4.78 is 6.00. The number of likely N-dealkylation sites (tertiary alicyclic amines) is 1. The average molecular weight is 330 g/mol. The third kappa shape index (κ3) is 4.05. The van der Waals surface area contributed by atoms with Crippen LogP contribution in [0.15, 0.2) is 48.5 Å². The molecule has 0 unspecified atom stereocenters. The van der Waals surface area contributed by atoms with Crippen molar-refractivity contribution >= 4 is 17.5 Å². The summed E-state index contributed by atoms with van der Waals surface area (Å²) in [7, 11) is 0. The van der Waals surface area contributed by atoms with Gasteiger partial charge < -0.3 is 9.64 Å². The maximum Gasteiger partial charge on any atom is 0.253 e. The Morgan fingerprint density at radius 2 is 1.65 bits per heavy atom. The Bertz CT molecular complexity index is 659. The van der Waals surface area contributed by atoms with Gasteiger partial charge in [-0.1, -0.05) is 29.3 Å². The molecule has 1 aliphatic rings. The number of amides is 1. The van der Waals surface area contributed by atoms with Crippen molar-refractivity contribution in [2.45, 2.75) is 25.9 Å². The number of halogens is 1. The van der Waals surface area contributed by atoms with E-state index in [1.807, 2.05) is 17.0 Å². The number of hydrogen-bond donors (Lipinski definition) is 0. The van der Waals surface area contributed by atoms with Gasteiger partial charge >= 0.3 is 0 Å². The van der Waals surface area contributed by atoms with E-state index >= 15 is 0 Å². The predicted molar refractivity (Wildman–Crippen MR) is 92.2 cm³/mol. The van der Waals surface area contributed by atoms with E-state index in [1.165, 1.54) is 5.56 Å². The zero-order valence-corrected chi connectivity index (χ0v) is 13.9. The molecule has 0 radical (unpaired) electrons. The Hall–Kier alpha value is -2.00. The monoisotopic (exact) mass is 329 g/mol. The molecule has 4 heteroatoms. The van der Waals surface area contributed by atoms with Crippen LogP contribution in [0.3, 0.4) is 0 Å². The van der Waals surface area contributed by atoms with Gasteiger partial charge in [-0.3, -0.25) is 4.79 Å². The highest BCUT2D eigenvalue weighted by molar-refractivity contribution is 6.30. The first-order chi connectivity index (χ1) is 11.1. The number of hydrogen-bond acceptors (Lipinski definition) is 2. The van der Waals surface area contributed by atoms with Crippen LogP contribution in [0, 0.1) is 6.92 Å². The SMILES string of the molecule is Cc1ccc(OC2CCN(C(=O)c3ccc(Cl)cc3)CC2)cc1. The van der Waals surface area contributed by atoms with Gasteiger partial charge in [-0.25, -0.2) is 0 Å². The van der Waals surface area contributed by atoms with Gasteiger partial charge in [0.2, 0.25) is 0 Å². The number of nitrogens with zero attached hydrogens (tertiary/aromatic N) is 1. The van der Waals surface area contributed by atoms with Gasteiger partial charge in [-0.05, 0) is 43.3 Å². The van der Waals surface area contributed by atoms with Crippen LogP contribution >= 0.6 is 11.6 Å². The summed E-state index contributed by atoms with van der Waals surface area (Å²) >= 11 is 5.87. The van der Waals surface area contributed by atoms with E-state index in [-0.39, 0.29) is 12.0 Å². The van der Waals surface area contributed by atoms with Gasteiger partial charge in [-0.15, -0.1) is 0 Å². The zero-order chi connectivity index (χ0) is 16.2. The molecule has 3 rings (SSSR count). The molecule has 1 saturated heterocycles. The Labute approximate surface area is 141 Å². The van der Waals surface area contributed by atoms with Crippen LogP contribution in [0.25, 0.3) is 0 Å². The molecule has 3 nitrogen and oxygen atoms in total. The summed E-state index contributed by atoms with van der Waals surface area (Å²) in [6.45, 7) is 3.50. The van der Waals surface area contributed by atoms with Crippen molar-refractivity contribution in [3.63, 3.8) is 0 Å². The first-order valence-electron chi connectivity index (χ1n) is 7.90. The lowest BCUT2D eigenvalue weighted by molar-refractivity contribution is 0.0595. The second-order valence-electron chi connectivity index (χ2n) is 5.93. The largest absolute Gasteiger partial charge is 0.490 e. The molecule has 120 valence electrons. The Balaban J connectivity index is 1.54. The zero-order valence-electron chi connectivity index (χ0n) is 13.2. The second kappa shape index (κ2) is 7.05. The highest BCUT2D eigenvalue weighted by Gasteiger charge is 2.24. The molecule has 2 aromatic rings. The van der Waals surface area contributed by atoms with Crippen molar-refractivity contribution in [3.8, 4) is 5.75 Å². The quantitative estimate of drug-likeness (QED) is 0.838. The number of aryl methyl sites for hydroxylation is 1. The number of carbonyl (C=O) groups excluding carboxylic acids is 1. The van der Waals surface area contributed by atoms with Crippen molar-refractivity contribution in [2.75, 3.05) is 13.1 Å². The van der Waals surface area contributed by atoms with Gasteiger partial charge in [0.05, 0.1) is 0 Å². The highest BCUT2D eigenvalue weighted by atomic mass is 35.5. The number of piperidine rings is 1. The fraction of sp³-hybridized carbons (Fsp3) is 0.316. The third-order valence-corrected chi connectivity index (χ3v) is 4.40. The van der Waals surface area contributed by atoms with E-state index in [0.29, 0.717) is 10.6 Å². The lowest BCUT2D eigenvalue weighted by atomic mass is 10.1. The fourth-order valence-electron chi connectivity index (χ4n) is 2.76. The minimum atomic E-state index is 0.0652. The van der Waals surface area contributed by atoms with Crippen molar-refractivity contribution in [3.05, 3.63) is 64.7 Å². The maximum atomic E-state index is 12.5. The summed E-state index contributed by atoms with van der Waals surface area (Å²) in [6.07, 6.45) is 1.88. The first kappa shape index (κ1) is 15.9. The summed E-state index contributed by atoms with van der Waals surface area (Å²) in [6, 6.07) is 15.2.